The maximum absolute atomic E-state index is 13.8. The van der Waals surface area contributed by atoms with Crippen molar-refractivity contribution in [3.63, 3.8) is 0 Å². The summed E-state index contributed by atoms with van der Waals surface area (Å²) in [4.78, 5) is 25.2. The molecule has 1 N–H and O–H groups in total. The van der Waals surface area contributed by atoms with Gasteiger partial charge in [-0.1, -0.05) is 15.9 Å². The first kappa shape index (κ1) is 14.9. The quantitative estimate of drug-likeness (QED) is 0.891. The van der Waals surface area contributed by atoms with Crippen molar-refractivity contribution in [3.8, 4) is 0 Å². The summed E-state index contributed by atoms with van der Waals surface area (Å²) >= 11 is 2.96. The van der Waals surface area contributed by atoms with Gasteiger partial charge in [-0.15, -0.1) is 0 Å². The van der Waals surface area contributed by atoms with Crippen molar-refractivity contribution in [2.45, 2.75) is 18.9 Å². The molecule has 1 heterocycles. The molecule has 108 valence electrons. The first-order valence-electron chi connectivity index (χ1n) is 6.12. The zero-order valence-electron chi connectivity index (χ0n) is 10.8. The maximum atomic E-state index is 13.8. The Morgan fingerprint density at radius 2 is 1.95 bits per heavy atom. The van der Waals surface area contributed by atoms with Gasteiger partial charge in [-0.2, -0.15) is 0 Å². The number of hydrogen-bond acceptors (Lipinski definition) is 2. The smallest absolute Gasteiger partial charge is 0.260 e. The Kier molecular flexibility index (Phi) is 4.37. The summed E-state index contributed by atoms with van der Waals surface area (Å²) in [7, 11) is 1.46. The van der Waals surface area contributed by atoms with Crippen LogP contribution in [0.4, 0.5) is 8.78 Å². The molecule has 1 aromatic carbocycles. The van der Waals surface area contributed by atoms with Gasteiger partial charge < -0.3 is 10.2 Å². The van der Waals surface area contributed by atoms with Gasteiger partial charge in [0.25, 0.3) is 5.91 Å². The van der Waals surface area contributed by atoms with Crippen molar-refractivity contribution in [1.82, 2.24) is 10.2 Å². The van der Waals surface area contributed by atoms with Gasteiger partial charge in [-0.05, 0) is 25.0 Å². The number of benzene rings is 1. The lowest BCUT2D eigenvalue weighted by molar-refractivity contribution is -0.124. The van der Waals surface area contributed by atoms with Crippen molar-refractivity contribution in [1.29, 1.82) is 0 Å². The number of halogens is 3. The molecule has 1 unspecified atom stereocenters. The minimum absolute atomic E-state index is 0.216. The summed E-state index contributed by atoms with van der Waals surface area (Å²) < 4.78 is 27.8. The molecule has 1 atom stereocenters. The zero-order chi connectivity index (χ0) is 14.9. The van der Waals surface area contributed by atoms with Crippen LogP contribution >= 0.6 is 15.9 Å². The topological polar surface area (TPSA) is 49.4 Å². The molecule has 0 aromatic heterocycles. The van der Waals surface area contributed by atoms with Gasteiger partial charge in [-0.3, -0.25) is 9.59 Å². The minimum atomic E-state index is -0.940. The molecule has 20 heavy (non-hydrogen) atoms. The Morgan fingerprint density at radius 1 is 1.35 bits per heavy atom. The molecular formula is C13H13BrF2N2O2. The zero-order valence-corrected chi connectivity index (χ0v) is 12.3. The van der Waals surface area contributed by atoms with E-state index in [1.165, 1.54) is 11.9 Å². The highest BCUT2D eigenvalue weighted by atomic mass is 79.9. The molecule has 1 aliphatic rings. The first-order valence-corrected chi connectivity index (χ1v) is 6.92. The van der Waals surface area contributed by atoms with Gasteiger partial charge in [0, 0.05) is 18.1 Å². The van der Waals surface area contributed by atoms with Crippen LogP contribution in [0.5, 0.6) is 0 Å². The Bertz CT molecular complexity index is 542. The molecule has 1 aromatic rings. The molecule has 1 aliphatic heterocycles. The summed E-state index contributed by atoms with van der Waals surface area (Å²) in [5, 5.41) is 2.45. The Balaban J connectivity index is 2.34. The highest BCUT2D eigenvalue weighted by Gasteiger charge is 2.36. The molecule has 0 radical (unpaired) electrons. The van der Waals surface area contributed by atoms with Crippen LogP contribution in [0.25, 0.3) is 0 Å². The van der Waals surface area contributed by atoms with E-state index in [9.17, 15) is 18.4 Å². The second-order valence-corrected chi connectivity index (χ2v) is 5.43. The standard InChI is InChI=1S/C13H13BrF2N2O2/c1-17-12(19)10-3-2-4-18(10)13(20)11-8(15)5-7(14)6-9(11)16/h5-6,10H,2-4H2,1H3,(H,17,19). The summed E-state index contributed by atoms with van der Waals surface area (Å²) in [6.07, 6.45) is 1.12. The van der Waals surface area contributed by atoms with Crippen LogP contribution in [0.3, 0.4) is 0 Å². The summed E-state index contributed by atoms with van der Waals surface area (Å²) in [6.45, 7) is 0.311. The molecule has 0 aliphatic carbocycles. The van der Waals surface area contributed by atoms with Crippen molar-refractivity contribution in [2.24, 2.45) is 0 Å². The van der Waals surface area contributed by atoms with E-state index < -0.39 is 29.1 Å². The number of carbonyl (C=O) groups is 2. The number of carbonyl (C=O) groups excluding carboxylic acids is 2. The third-order valence-corrected chi connectivity index (χ3v) is 3.74. The van der Waals surface area contributed by atoms with Gasteiger partial charge in [0.1, 0.15) is 23.2 Å². The molecule has 1 saturated heterocycles. The molecule has 1 fully saturated rings. The summed E-state index contributed by atoms with van der Waals surface area (Å²) in [5.41, 5.74) is -0.621. The minimum Gasteiger partial charge on any atom is -0.357 e. The predicted octanol–water partition coefficient (Wildman–Crippen LogP) is 2.08. The fourth-order valence-electron chi connectivity index (χ4n) is 2.34. The molecule has 0 saturated carbocycles. The Labute approximate surface area is 123 Å². The van der Waals surface area contributed by atoms with Gasteiger partial charge in [0.15, 0.2) is 0 Å². The molecule has 0 bridgehead atoms. The van der Waals surface area contributed by atoms with Crippen molar-refractivity contribution in [2.75, 3.05) is 13.6 Å². The van der Waals surface area contributed by atoms with Crippen LogP contribution in [-0.4, -0.2) is 36.3 Å². The number of likely N-dealkylation sites (N-methyl/N-ethyl adjacent to an activating group) is 1. The lowest BCUT2D eigenvalue weighted by atomic mass is 10.1. The molecule has 2 amide bonds. The van der Waals surface area contributed by atoms with Crippen molar-refractivity contribution < 1.29 is 18.4 Å². The van der Waals surface area contributed by atoms with Gasteiger partial charge >= 0.3 is 0 Å². The molecule has 2 rings (SSSR count). The van der Waals surface area contributed by atoms with E-state index in [1.54, 1.807) is 0 Å². The van der Waals surface area contributed by atoms with Crippen LogP contribution in [0.15, 0.2) is 16.6 Å². The number of nitrogens with zero attached hydrogens (tertiary/aromatic N) is 1. The van der Waals surface area contributed by atoms with Crippen molar-refractivity contribution >= 4 is 27.7 Å². The third-order valence-electron chi connectivity index (χ3n) is 3.28. The normalized spacial score (nSPS) is 18.2. The van der Waals surface area contributed by atoms with E-state index >= 15 is 0 Å². The third kappa shape index (κ3) is 2.67. The molecule has 0 spiro atoms. The average Bonchev–Trinajstić information content (AvgIpc) is 2.85. The Hall–Kier alpha value is -1.50. The van der Waals surface area contributed by atoms with E-state index in [0.717, 1.165) is 12.1 Å². The monoisotopic (exact) mass is 346 g/mol. The van der Waals surface area contributed by atoms with E-state index in [4.69, 9.17) is 0 Å². The van der Waals surface area contributed by atoms with Crippen LogP contribution in [-0.2, 0) is 4.79 Å². The lowest BCUT2D eigenvalue weighted by Gasteiger charge is -2.23. The van der Waals surface area contributed by atoms with Gasteiger partial charge in [0.05, 0.1) is 0 Å². The second-order valence-electron chi connectivity index (χ2n) is 4.52. The van der Waals surface area contributed by atoms with Crippen LogP contribution in [0.1, 0.15) is 23.2 Å². The fourth-order valence-corrected chi connectivity index (χ4v) is 2.74. The number of nitrogens with one attached hydrogen (secondary N) is 1. The maximum Gasteiger partial charge on any atom is 0.260 e. The largest absolute Gasteiger partial charge is 0.357 e. The number of hydrogen-bond donors (Lipinski definition) is 1. The SMILES string of the molecule is CNC(=O)C1CCCN1C(=O)c1c(F)cc(Br)cc1F. The van der Waals surface area contributed by atoms with Gasteiger partial charge in [-0.25, -0.2) is 8.78 Å². The number of amides is 2. The van der Waals surface area contributed by atoms with Crippen molar-refractivity contribution in [3.05, 3.63) is 33.8 Å². The van der Waals surface area contributed by atoms with Gasteiger partial charge in [0.2, 0.25) is 5.91 Å². The van der Waals surface area contributed by atoms with E-state index in [1.807, 2.05) is 0 Å². The molecule has 4 nitrogen and oxygen atoms in total. The van der Waals surface area contributed by atoms with E-state index in [-0.39, 0.29) is 10.4 Å². The lowest BCUT2D eigenvalue weighted by Crippen LogP contribution is -2.45. The van der Waals surface area contributed by atoms with Crippen LogP contribution in [0, 0.1) is 11.6 Å². The molecule has 7 heteroatoms. The highest BCUT2D eigenvalue weighted by Crippen LogP contribution is 2.25. The second kappa shape index (κ2) is 5.87. The Morgan fingerprint density at radius 3 is 2.50 bits per heavy atom. The molecular weight excluding hydrogens is 334 g/mol. The highest BCUT2D eigenvalue weighted by molar-refractivity contribution is 9.10. The number of likely N-dealkylation sites (tertiary alicyclic amines) is 1. The van der Waals surface area contributed by atoms with E-state index in [0.29, 0.717) is 19.4 Å². The predicted molar refractivity (Wildman–Crippen MR) is 72.2 cm³/mol. The van der Waals surface area contributed by atoms with Crippen LogP contribution in [0.2, 0.25) is 0 Å². The van der Waals surface area contributed by atoms with E-state index in [2.05, 4.69) is 21.2 Å². The first-order chi connectivity index (χ1) is 9.45. The van der Waals surface area contributed by atoms with Crippen LogP contribution < -0.4 is 5.32 Å². The summed E-state index contributed by atoms with van der Waals surface area (Å²) in [6, 6.07) is 1.39. The fraction of sp³-hybridized carbons (Fsp3) is 0.385. The number of rotatable bonds is 2. The average molecular weight is 347 g/mol. The summed E-state index contributed by atoms with van der Waals surface area (Å²) in [5.74, 6) is -3.00.